The summed E-state index contributed by atoms with van der Waals surface area (Å²) in [5.74, 6) is -0.268. The molecule has 7 heteroatoms. The molecule has 6 nitrogen and oxygen atoms in total. The molecule has 2 amide bonds. The Bertz CT molecular complexity index is 886. The number of thiazole rings is 1. The Morgan fingerprint density at radius 3 is 2.86 bits per heavy atom. The van der Waals surface area contributed by atoms with Crippen molar-refractivity contribution in [1.82, 2.24) is 15.6 Å². The number of nitriles is 1. The van der Waals surface area contributed by atoms with Crippen molar-refractivity contribution in [2.24, 2.45) is 11.8 Å². The maximum Gasteiger partial charge on any atom is 0.251 e. The molecule has 1 fully saturated rings. The lowest BCUT2D eigenvalue weighted by Gasteiger charge is -2.32. The maximum absolute atomic E-state index is 12.8. The summed E-state index contributed by atoms with van der Waals surface area (Å²) in [4.78, 5) is 29.8. The van der Waals surface area contributed by atoms with Gasteiger partial charge in [0.2, 0.25) is 5.91 Å². The number of carbonyl (C=O) groups is 2. The third-order valence-electron chi connectivity index (χ3n) is 5.19. The van der Waals surface area contributed by atoms with Crippen LogP contribution in [0.1, 0.15) is 56.3 Å². The van der Waals surface area contributed by atoms with Crippen LogP contribution >= 0.6 is 11.3 Å². The van der Waals surface area contributed by atoms with Crippen molar-refractivity contribution in [3.05, 3.63) is 29.3 Å². The number of carbonyl (C=O) groups excluding carboxylic acids is 2. The number of rotatable bonds is 6. The third kappa shape index (κ3) is 4.87. The van der Waals surface area contributed by atoms with Gasteiger partial charge in [0.05, 0.1) is 27.7 Å². The Labute approximate surface area is 169 Å². The minimum absolute atomic E-state index is 0.130. The molecule has 0 aliphatic heterocycles. The zero-order chi connectivity index (χ0) is 20.1. The van der Waals surface area contributed by atoms with Gasteiger partial charge in [-0.1, -0.05) is 26.7 Å². The molecule has 1 saturated carbocycles. The standard InChI is InChI=1S/C21H26N4O2S/c1-13(2)9-15(11-22)24-21(27)16-5-3-4-6-17(16)25-20(26)14-7-8-18-19(10-14)28-12-23-18/h7-8,10,12-13,15-17H,3-6,9H2,1-2H3,(H,24,27)(H,25,26)/t15-,16+,17-/m0/s1. The van der Waals surface area contributed by atoms with E-state index in [0.29, 0.717) is 17.9 Å². The highest BCUT2D eigenvalue weighted by Crippen LogP contribution is 2.26. The Hall–Kier alpha value is -2.46. The maximum atomic E-state index is 12.8. The minimum atomic E-state index is -0.487. The van der Waals surface area contributed by atoms with Crippen molar-refractivity contribution in [3.63, 3.8) is 0 Å². The molecule has 1 aromatic carbocycles. The SMILES string of the molecule is CC(C)C[C@@H](C#N)NC(=O)[C@@H]1CCCC[C@@H]1NC(=O)c1ccc2ncsc2c1. The summed E-state index contributed by atoms with van der Waals surface area (Å²) in [6.07, 6.45) is 4.06. The summed E-state index contributed by atoms with van der Waals surface area (Å²) in [6, 6.07) is 6.93. The summed E-state index contributed by atoms with van der Waals surface area (Å²) in [5, 5.41) is 15.2. The third-order valence-corrected chi connectivity index (χ3v) is 5.98. The number of nitrogens with one attached hydrogen (secondary N) is 2. The van der Waals surface area contributed by atoms with E-state index in [-0.39, 0.29) is 23.8 Å². The zero-order valence-corrected chi connectivity index (χ0v) is 17.1. The predicted octanol–water partition coefficient (Wildman–Crippen LogP) is 3.64. The van der Waals surface area contributed by atoms with Crippen LogP contribution in [0.5, 0.6) is 0 Å². The lowest BCUT2D eigenvalue weighted by molar-refractivity contribution is -0.127. The summed E-state index contributed by atoms with van der Waals surface area (Å²) in [6.45, 7) is 4.06. The lowest BCUT2D eigenvalue weighted by atomic mass is 9.83. The average Bonchev–Trinajstić information content (AvgIpc) is 3.15. The van der Waals surface area contributed by atoms with E-state index in [1.165, 1.54) is 11.3 Å². The normalized spacial score (nSPS) is 20.5. The first-order valence-corrected chi connectivity index (χ1v) is 10.7. The van der Waals surface area contributed by atoms with Gasteiger partial charge in [0.1, 0.15) is 6.04 Å². The van der Waals surface area contributed by atoms with Crippen LogP contribution in [0.2, 0.25) is 0 Å². The van der Waals surface area contributed by atoms with Gasteiger partial charge in [-0.3, -0.25) is 9.59 Å². The Morgan fingerprint density at radius 1 is 1.32 bits per heavy atom. The van der Waals surface area contributed by atoms with E-state index in [0.717, 1.165) is 35.9 Å². The van der Waals surface area contributed by atoms with Crippen molar-refractivity contribution in [1.29, 1.82) is 5.26 Å². The largest absolute Gasteiger partial charge is 0.349 e. The summed E-state index contributed by atoms with van der Waals surface area (Å²) in [7, 11) is 0. The topological polar surface area (TPSA) is 94.9 Å². The number of nitrogens with zero attached hydrogens (tertiary/aromatic N) is 2. The molecule has 1 aromatic heterocycles. The van der Waals surface area contributed by atoms with Crippen LogP contribution in [0, 0.1) is 23.2 Å². The van der Waals surface area contributed by atoms with Crippen LogP contribution in [-0.4, -0.2) is 28.9 Å². The Kier molecular flexibility index (Phi) is 6.63. The summed E-state index contributed by atoms with van der Waals surface area (Å²) < 4.78 is 0.969. The van der Waals surface area contributed by atoms with E-state index in [9.17, 15) is 14.9 Å². The fourth-order valence-electron chi connectivity index (χ4n) is 3.76. The van der Waals surface area contributed by atoms with E-state index in [2.05, 4.69) is 21.7 Å². The monoisotopic (exact) mass is 398 g/mol. The van der Waals surface area contributed by atoms with Crippen molar-refractivity contribution < 1.29 is 9.59 Å². The molecule has 0 saturated heterocycles. The molecule has 2 N–H and O–H groups in total. The zero-order valence-electron chi connectivity index (χ0n) is 16.3. The molecule has 148 valence electrons. The van der Waals surface area contributed by atoms with Gasteiger partial charge in [-0.2, -0.15) is 5.26 Å². The molecular weight excluding hydrogens is 372 g/mol. The lowest BCUT2D eigenvalue weighted by Crippen LogP contribution is -2.50. The number of hydrogen-bond acceptors (Lipinski definition) is 5. The fraction of sp³-hybridized carbons (Fsp3) is 0.524. The van der Waals surface area contributed by atoms with Crippen molar-refractivity contribution in [2.45, 2.75) is 58.0 Å². The Balaban J connectivity index is 1.67. The van der Waals surface area contributed by atoms with E-state index < -0.39 is 6.04 Å². The van der Waals surface area contributed by atoms with Crippen LogP contribution in [0.15, 0.2) is 23.7 Å². The number of benzene rings is 1. The molecule has 0 spiro atoms. The van der Waals surface area contributed by atoms with Crippen LogP contribution in [0.4, 0.5) is 0 Å². The Morgan fingerprint density at radius 2 is 2.11 bits per heavy atom. The highest BCUT2D eigenvalue weighted by Gasteiger charge is 2.33. The number of fused-ring (bicyclic) bond motifs is 1. The van der Waals surface area contributed by atoms with Gasteiger partial charge >= 0.3 is 0 Å². The summed E-state index contributed by atoms with van der Waals surface area (Å²) in [5.41, 5.74) is 3.22. The summed E-state index contributed by atoms with van der Waals surface area (Å²) >= 11 is 1.50. The van der Waals surface area contributed by atoms with Crippen molar-refractivity contribution >= 4 is 33.4 Å². The molecule has 1 heterocycles. The first kappa shape index (κ1) is 20.3. The average molecular weight is 399 g/mol. The van der Waals surface area contributed by atoms with Gasteiger partial charge in [0.15, 0.2) is 0 Å². The molecule has 0 unspecified atom stereocenters. The van der Waals surface area contributed by atoms with E-state index in [1.807, 2.05) is 26.0 Å². The van der Waals surface area contributed by atoms with Crippen LogP contribution in [0.25, 0.3) is 10.2 Å². The molecule has 2 aromatic rings. The quantitative estimate of drug-likeness (QED) is 0.777. The number of amides is 2. The molecule has 1 aliphatic rings. The van der Waals surface area contributed by atoms with Gasteiger partial charge in [-0.05, 0) is 43.4 Å². The number of aromatic nitrogens is 1. The highest BCUT2D eigenvalue weighted by molar-refractivity contribution is 7.16. The number of hydrogen-bond donors (Lipinski definition) is 2. The first-order valence-electron chi connectivity index (χ1n) is 9.82. The van der Waals surface area contributed by atoms with Gasteiger partial charge < -0.3 is 10.6 Å². The van der Waals surface area contributed by atoms with E-state index in [4.69, 9.17) is 0 Å². The first-order chi connectivity index (χ1) is 13.5. The molecular formula is C21H26N4O2S. The van der Waals surface area contributed by atoms with Gasteiger partial charge in [-0.15, -0.1) is 11.3 Å². The van der Waals surface area contributed by atoms with E-state index in [1.54, 1.807) is 11.6 Å². The minimum Gasteiger partial charge on any atom is -0.349 e. The second-order valence-corrected chi connectivity index (χ2v) is 8.71. The second kappa shape index (κ2) is 9.16. The fourth-order valence-corrected chi connectivity index (χ4v) is 4.48. The molecule has 3 rings (SSSR count). The van der Waals surface area contributed by atoms with Gasteiger partial charge in [-0.25, -0.2) is 4.98 Å². The van der Waals surface area contributed by atoms with E-state index >= 15 is 0 Å². The molecule has 0 bridgehead atoms. The molecule has 0 radical (unpaired) electrons. The molecule has 3 atom stereocenters. The smallest absolute Gasteiger partial charge is 0.251 e. The van der Waals surface area contributed by atoms with Crippen LogP contribution in [-0.2, 0) is 4.79 Å². The molecule has 28 heavy (non-hydrogen) atoms. The highest BCUT2D eigenvalue weighted by atomic mass is 32.1. The van der Waals surface area contributed by atoms with Crippen LogP contribution in [0.3, 0.4) is 0 Å². The predicted molar refractivity (Wildman–Crippen MR) is 110 cm³/mol. The molecule has 1 aliphatic carbocycles. The van der Waals surface area contributed by atoms with Crippen molar-refractivity contribution in [2.75, 3.05) is 0 Å². The van der Waals surface area contributed by atoms with Crippen LogP contribution < -0.4 is 10.6 Å². The second-order valence-electron chi connectivity index (χ2n) is 7.83. The van der Waals surface area contributed by atoms with Gasteiger partial charge in [0, 0.05) is 11.6 Å². The van der Waals surface area contributed by atoms with Crippen molar-refractivity contribution in [3.8, 4) is 6.07 Å². The van der Waals surface area contributed by atoms with Gasteiger partial charge in [0.25, 0.3) is 5.91 Å².